The van der Waals surface area contributed by atoms with Gasteiger partial charge in [0.15, 0.2) is 0 Å². The van der Waals surface area contributed by atoms with Gasteiger partial charge in [0.25, 0.3) is 0 Å². The maximum atomic E-state index is 13.6. The largest absolute Gasteiger partial charge is 0.330 e. The van der Waals surface area contributed by atoms with Crippen LogP contribution in [0.15, 0.2) is 66.0 Å². The fourth-order valence-electron chi connectivity index (χ4n) is 4.51. The van der Waals surface area contributed by atoms with Gasteiger partial charge in [0.05, 0.1) is 12.5 Å². The standard InChI is InChI=1S/C26H25ClN2O2S/c27-20-8-6-19(7-9-20)26-22-13-15-32-23(22)12-14-28(26)25(31)17-29(21-10-11-21)24(30)16-18-4-2-1-3-5-18/h1-9,13,15,21,26H,10-12,14,16-17H2. The predicted octanol–water partition coefficient (Wildman–Crippen LogP) is 5.11. The molecule has 1 saturated carbocycles. The third-order valence-electron chi connectivity index (χ3n) is 6.28. The van der Waals surface area contributed by atoms with Gasteiger partial charge in [-0.3, -0.25) is 9.59 Å². The molecule has 3 aromatic rings. The normalized spacial score (nSPS) is 17.7. The maximum Gasteiger partial charge on any atom is 0.243 e. The summed E-state index contributed by atoms with van der Waals surface area (Å²) < 4.78 is 0. The van der Waals surface area contributed by atoms with Gasteiger partial charge in [-0.15, -0.1) is 11.3 Å². The molecule has 0 saturated heterocycles. The van der Waals surface area contributed by atoms with Crippen molar-refractivity contribution in [1.29, 1.82) is 0 Å². The lowest BCUT2D eigenvalue weighted by atomic mass is 9.93. The van der Waals surface area contributed by atoms with Gasteiger partial charge in [-0.2, -0.15) is 0 Å². The number of amides is 2. The molecule has 1 aliphatic carbocycles. The molecular weight excluding hydrogens is 440 g/mol. The highest BCUT2D eigenvalue weighted by Crippen LogP contribution is 2.38. The van der Waals surface area contributed by atoms with Crippen molar-refractivity contribution in [2.75, 3.05) is 13.1 Å². The summed E-state index contributed by atoms with van der Waals surface area (Å²) in [5, 5.41) is 2.78. The number of hydrogen-bond donors (Lipinski definition) is 0. The molecule has 4 nitrogen and oxygen atoms in total. The highest BCUT2D eigenvalue weighted by Gasteiger charge is 2.38. The summed E-state index contributed by atoms with van der Waals surface area (Å²) in [4.78, 5) is 31.8. The van der Waals surface area contributed by atoms with E-state index >= 15 is 0 Å². The fraction of sp³-hybridized carbons (Fsp3) is 0.308. The van der Waals surface area contributed by atoms with Crippen molar-refractivity contribution < 1.29 is 9.59 Å². The molecule has 0 radical (unpaired) electrons. The van der Waals surface area contributed by atoms with Crippen molar-refractivity contribution in [2.24, 2.45) is 0 Å². The zero-order valence-electron chi connectivity index (χ0n) is 17.7. The van der Waals surface area contributed by atoms with Crippen molar-refractivity contribution in [1.82, 2.24) is 9.80 Å². The van der Waals surface area contributed by atoms with E-state index in [1.165, 1.54) is 10.4 Å². The van der Waals surface area contributed by atoms with E-state index in [4.69, 9.17) is 11.6 Å². The summed E-state index contributed by atoms with van der Waals surface area (Å²) in [7, 11) is 0. The lowest BCUT2D eigenvalue weighted by Crippen LogP contribution is -2.47. The van der Waals surface area contributed by atoms with Crippen LogP contribution in [-0.2, 0) is 22.4 Å². The number of carbonyl (C=O) groups excluding carboxylic acids is 2. The molecule has 0 spiro atoms. The molecule has 1 fully saturated rings. The van der Waals surface area contributed by atoms with Crippen molar-refractivity contribution in [3.63, 3.8) is 0 Å². The van der Waals surface area contributed by atoms with Gasteiger partial charge in [-0.05, 0) is 59.5 Å². The van der Waals surface area contributed by atoms with Crippen molar-refractivity contribution >= 4 is 34.8 Å². The molecule has 1 aromatic heterocycles. The Hall–Kier alpha value is -2.63. The highest BCUT2D eigenvalue weighted by atomic mass is 35.5. The minimum Gasteiger partial charge on any atom is -0.330 e. The zero-order chi connectivity index (χ0) is 22.1. The quantitative estimate of drug-likeness (QED) is 0.508. The van der Waals surface area contributed by atoms with Gasteiger partial charge in [0, 0.05) is 22.5 Å². The second kappa shape index (κ2) is 9.08. The van der Waals surface area contributed by atoms with E-state index in [0.717, 1.165) is 30.4 Å². The second-order valence-electron chi connectivity index (χ2n) is 8.51. The molecule has 1 unspecified atom stereocenters. The van der Waals surface area contributed by atoms with E-state index in [9.17, 15) is 9.59 Å². The summed E-state index contributed by atoms with van der Waals surface area (Å²) >= 11 is 7.87. The topological polar surface area (TPSA) is 40.6 Å². The molecule has 2 amide bonds. The minimum atomic E-state index is -0.139. The second-order valence-corrected chi connectivity index (χ2v) is 9.94. The summed E-state index contributed by atoms with van der Waals surface area (Å²) in [6.45, 7) is 0.797. The molecule has 32 heavy (non-hydrogen) atoms. The van der Waals surface area contributed by atoms with Crippen LogP contribution in [0.3, 0.4) is 0 Å². The number of benzene rings is 2. The zero-order valence-corrected chi connectivity index (χ0v) is 19.3. The van der Waals surface area contributed by atoms with Crippen LogP contribution < -0.4 is 0 Å². The van der Waals surface area contributed by atoms with Gasteiger partial charge in [-0.1, -0.05) is 54.1 Å². The maximum absolute atomic E-state index is 13.6. The van der Waals surface area contributed by atoms with E-state index in [2.05, 4.69) is 11.4 Å². The molecule has 2 aliphatic rings. The number of hydrogen-bond acceptors (Lipinski definition) is 3. The van der Waals surface area contributed by atoms with Crippen LogP contribution in [-0.4, -0.2) is 40.7 Å². The first kappa shape index (κ1) is 21.2. The van der Waals surface area contributed by atoms with Crippen LogP contribution in [0.1, 0.15) is 40.5 Å². The Balaban J connectivity index is 1.38. The molecular formula is C26H25ClN2O2S. The molecule has 0 bridgehead atoms. The predicted molar refractivity (Wildman–Crippen MR) is 128 cm³/mol. The van der Waals surface area contributed by atoms with Crippen LogP contribution in [0.5, 0.6) is 0 Å². The summed E-state index contributed by atoms with van der Waals surface area (Å²) in [6.07, 6.45) is 3.14. The first-order valence-corrected chi connectivity index (χ1v) is 12.3. The lowest BCUT2D eigenvalue weighted by Gasteiger charge is -2.37. The van der Waals surface area contributed by atoms with Crippen molar-refractivity contribution in [3.8, 4) is 0 Å². The Morgan fingerprint density at radius 3 is 2.50 bits per heavy atom. The van der Waals surface area contributed by atoms with Crippen LogP contribution in [0, 0.1) is 0 Å². The SMILES string of the molecule is O=C(Cc1ccccc1)N(CC(=O)N1CCc2sccc2C1c1ccc(Cl)cc1)C1CC1. The number of thiophene rings is 1. The Labute approximate surface area is 197 Å². The van der Waals surface area contributed by atoms with Crippen molar-refractivity contribution in [2.45, 2.75) is 37.8 Å². The number of carbonyl (C=O) groups is 2. The highest BCUT2D eigenvalue weighted by molar-refractivity contribution is 7.10. The molecule has 6 heteroatoms. The Bertz CT molecular complexity index is 1110. The molecule has 2 aromatic carbocycles. The Kier molecular flexibility index (Phi) is 6.03. The summed E-state index contributed by atoms with van der Waals surface area (Å²) in [5.74, 6) is 0.0402. The molecule has 1 atom stereocenters. The average molecular weight is 465 g/mol. The van der Waals surface area contributed by atoms with E-state index in [1.807, 2.05) is 59.5 Å². The smallest absolute Gasteiger partial charge is 0.243 e. The van der Waals surface area contributed by atoms with E-state index in [1.54, 1.807) is 16.2 Å². The average Bonchev–Trinajstić information content (AvgIpc) is 3.53. The number of fused-ring (bicyclic) bond motifs is 1. The number of rotatable bonds is 6. The number of halogens is 1. The van der Waals surface area contributed by atoms with Crippen LogP contribution in [0.2, 0.25) is 5.02 Å². The Morgan fingerprint density at radius 2 is 1.78 bits per heavy atom. The molecule has 2 heterocycles. The van der Waals surface area contributed by atoms with Gasteiger partial charge in [-0.25, -0.2) is 0 Å². The lowest BCUT2D eigenvalue weighted by molar-refractivity contribution is -0.142. The molecule has 1 aliphatic heterocycles. The van der Waals surface area contributed by atoms with Crippen LogP contribution >= 0.6 is 22.9 Å². The fourth-order valence-corrected chi connectivity index (χ4v) is 5.54. The summed E-state index contributed by atoms with van der Waals surface area (Å²) in [5.41, 5.74) is 3.22. The third-order valence-corrected chi connectivity index (χ3v) is 7.53. The van der Waals surface area contributed by atoms with Gasteiger partial charge < -0.3 is 9.80 Å². The van der Waals surface area contributed by atoms with Crippen LogP contribution in [0.25, 0.3) is 0 Å². The minimum absolute atomic E-state index is 0.00936. The van der Waals surface area contributed by atoms with Crippen molar-refractivity contribution in [3.05, 3.63) is 92.6 Å². The first-order chi connectivity index (χ1) is 15.6. The summed E-state index contributed by atoms with van der Waals surface area (Å²) in [6, 6.07) is 19.7. The third kappa shape index (κ3) is 4.45. The van der Waals surface area contributed by atoms with E-state index in [0.29, 0.717) is 18.0 Å². The monoisotopic (exact) mass is 464 g/mol. The molecule has 0 N–H and O–H groups in total. The van der Waals surface area contributed by atoms with Crippen LogP contribution in [0.4, 0.5) is 0 Å². The van der Waals surface area contributed by atoms with Gasteiger partial charge >= 0.3 is 0 Å². The van der Waals surface area contributed by atoms with E-state index < -0.39 is 0 Å². The Morgan fingerprint density at radius 1 is 1.03 bits per heavy atom. The molecule has 5 rings (SSSR count). The van der Waals surface area contributed by atoms with Gasteiger partial charge in [0.1, 0.15) is 6.54 Å². The first-order valence-electron chi connectivity index (χ1n) is 11.0. The number of nitrogens with zero attached hydrogens (tertiary/aromatic N) is 2. The molecule has 164 valence electrons. The van der Waals surface area contributed by atoms with Gasteiger partial charge in [0.2, 0.25) is 11.8 Å². The van der Waals surface area contributed by atoms with E-state index in [-0.39, 0.29) is 30.4 Å².